The second-order valence-corrected chi connectivity index (χ2v) is 5.73. The number of halogens is 2. The summed E-state index contributed by atoms with van der Waals surface area (Å²) in [6, 6.07) is 18.1. The van der Waals surface area contributed by atoms with Gasteiger partial charge in [-0.1, -0.05) is 42.5 Å². The first-order chi connectivity index (χ1) is 12.0. The van der Waals surface area contributed by atoms with Gasteiger partial charge in [0.2, 0.25) is 0 Å². The van der Waals surface area contributed by atoms with E-state index < -0.39 is 17.6 Å². The number of benzene rings is 3. The quantitative estimate of drug-likeness (QED) is 0.604. The maximum Gasteiger partial charge on any atom is 0.341 e. The molecule has 0 amide bonds. The molecule has 0 fully saturated rings. The molecule has 3 aromatic carbocycles. The third-order valence-electron chi connectivity index (χ3n) is 3.85. The van der Waals surface area contributed by atoms with E-state index in [0.717, 1.165) is 5.56 Å². The van der Waals surface area contributed by atoms with E-state index in [2.05, 4.69) is 0 Å². The molecule has 3 aromatic rings. The SMILES string of the molecule is Cc1cc(-c2cccc(F)c2)cc(C(=O)OCc2ccccc2)c1F. The van der Waals surface area contributed by atoms with Gasteiger partial charge < -0.3 is 4.74 Å². The van der Waals surface area contributed by atoms with Crippen molar-refractivity contribution in [3.8, 4) is 11.1 Å². The lowest BCUT2D eigenvalue weighted by atomic mass is 9.99. The highest BCUT2D eigenvalue weighted by molar-refractivity contribution is 5.91. The summed E-state index contributed by atoms with van der Waals surface area (Å²) in [7, 11) is 0. The first-order valence-corrected chi connectivity index (χ1v) is 7.82. The molecule has 0 aromatic heterocycles. The van der Waals surface area contributed by atoms with Crippen LogP contribution in [0.4, 0.5) is 8.78 Å². The number of hydrogen-bond acceptors (Lipinski definition) is 2. The third kappa shape index (κ3) is 3.91. The molecule has 3 rings (SSSR count). The Morgan fingerprint density at radius 2 is 1.68 bits per heavy atom. The highest BCUT2D eigenvalue weighted by Gasteiger charge is 2.17. The van der Waals surface area contributed by atoms with E-state index in [4.69, 9.17) is 4.74 Å². The fourth-order valence-electron chi connectivity index (χ4n) is 2.55. The number of ether oxygens (including phenoxy) is 1. The fraction of sp³-hybridized carbons (Fsp3) is 0.0952. The van der Waals surface area contributed by atoms with Crippen LogP contribution in [0.5, 0.6) is 0 Å². The summed E-state index contributed by atoms with van der Waals surface area (Å²) in [4.78, 5) is 12.3. The molecule has 0 aliphatic rings. The Kier molecular flexibility index (Phi) is 4.89. The molecule has 2 nitrogen and oxygen atoms in total. The molecular weight excluding hydrogens is 322 g/mol. The number of carbonyl (C=O) groups excluding carboxylic acids is 1. The molecule has 0 atom stereocenters. The standard InChI is InChI=1S/C21H16F2O2/c1-14-10-17(16-8-5-9-18(22)11-16)12-19(20(14)23)21(24)25-13-15-6-3-2-4-7-15/h2-12H,13H2,1H3. The van der Waals surface area contributed by atoms with Crippen LogP contribution in [0.1, 0.15) is 21.5 Å². The molecule has 0 unspecified atom stereocenters. The van der Waals surface area contributed by atoms with Gasteiger partial charge in [0, 0.05) is 0 Å². The number of carbonyl (C=O) groups is 1. The molecule has 0 N–H and O–H groups in total. The van der Waals surface area contributed by atoms with Crippen molar-refractivity contribution in [2.24, 2.45) is 0 Å². The first kappa shape index (κ1) is 16.8. The van der Waals surface area contributed by atoms with Gasteiger partial charge in [0.15, 0.2) is 0 Å². The lowest BCUT2D eigenvalue weighted by Gasteiger charge is -2.10. The smallest absolute Gasteiger partial charge is 0.341 e. The van der Waals surface area contributed by atoms with Gasteiger partial charge >= 0.3 is 5.97 Å². The number of hydrogen-bond donors (Lipinski definition) is 0. The average Bonchev–Trinajstić information content (AvgIpc) is 2.62. The van der Waals surface area contributed by atoms with Crippen LogP contribution in [0.15, 0.2) is 66.7 Å². The number of aryl methyl sites for hydroxylation is 1. The molecule has 0 spiro atoms. The van der Waals surface area contributed by atoms with Gasteiger partial charge in [-0.15, -0.1) is 0 Å². The molecule has 25 heavy (non-hydrogen) atoms. The molecule has 0 radical (unpaired) electrons. The second-order valence-electron chi connectivity index (χ2n) is 5.73. The average molecular weight is 338 g/mol. The maximum absolute atomic E-state index is 14.4. The van der Waals surface area contributed by atoms with Gasteiger partial charge in [-0.2, -0.15) is 0 Å². The Morgan fingerprint density at radius 3 is 2.40 bits per heavy atom. The fourth-order valence-corrected chi connectivity index (χ4v) is 2.55. The Bertz CT molecular complexity index is 905. The van der Waals surface area contributed by atoms with Gasteiger partial charge in [0.1, 0.15) is 18.2 Å². The first-order valence-electron chi connectivity index (χ1n) is 7.82. The maximum atomic E-state index is 14.4. The molecule has 0 aliphatic carbocycles. The van der Waals surface area contributed by atoms with Gasteiger partial charge in [0.05, 0.1) is 5.56 Å². The highest BCUT2D eigenvalue weighted by atomic mass is 19.1. The van der Waals surface area contributed by atoms with Crippen LogP contribution in [-0.2, 0) is 11.3 Å². The molecule has 4 heteroatoms. The zero-order valence-electron chi connectivity index (χ0n) is 13.6. The summed E-state index contributed by atoms with van der Waals surface area (Å²) in [6.07, 6.45) is 0. The number of esters is 1. The summed E-state index contributed by atoms with van der Waals surface area (Å²) >= 11 is 0. The van der Waals surface area contributed by atoms with Crippen molar-refractivity contribution in [2.75, 3.05) is 0 Å². The minimum absolute atomic E-state index is 0.0579. The van der Waals surface area contributed by atoms with E-state index in [9.17, 15) is 13.6 Å². The van der Waals surface area contributed by atoms with Crippen LogP contribution < -0.4 is 0 Å². The summed E-state index contributed by atoms with van der Waals surface area (Å²) < 4.78 is 33.0. The zero-order valence-corrected chi connectivity index (χ0v) is 13.6. The van der Waals surface area contributed by atoms with Crippen molar-refractivity contribution >= 4 is 5.97 Å². The van der Waals surface area contributed by atoms with Crippen LogP contribution >= 0.6 is 0 Å². The van der Waals surface area contributed by atoms with E-state index >= 15 is 0 Å². The summed E-state index contributed by atoms with van der Waals surface area (Å²) in [6.45, 7) is 1.62. The van der Waals surface area contributed by atoms with E-state index in [0.29, 0.717) is 16.7 Å². The largest absolute Gasteiger partial charge is 0.457 e. The van der Waals surface area contributed by atoms with Gasteiger partial charge in [0.25, 0.3) is 0 Å². The predicted molar refractivity (Wildman–Crippen MR) is 92.1 cm³/mol. The van der Waals surface area contributed by atoms with Gasteiger partial charge in [-0.3, -0.25) is 0 Å². The minimum Gasteiger partial charge on any atom is -0.457 e. The van der Waals surface area contributed by atoms with Crippen LogP contribution in [0.3, 0.4) is 0 Å². The Hall–Kier alpha value is -3.01. The summed E-state index contributed by atoms with van der Waals surface area (Å²) in [5.74, 6) is -1.77. The highest BCUT2D eigenvalue weighted by Crippen LogP contribution is 2.26. The molecular formula is C21H16F2O2. The van der Waals surface area contributed by atoms with E-state index in [1.165, 1.54) is 18.2 Å². The summed E-state index contributed by atoms with van der Waals surface area (Å²) in [5, 5.41) is 0. The van der Waals surface area contributed by atoms with Crippen molar-refractivity contribution in [1.29, 1.82) is 0 Å². The molecule has 0 saturated carbocycles. The molecule has 0 saturated heterocycles. The molecule has 0 aliphatic heterocycles. The van der Waals surface area contributed by atoms with E-state index in [1.54, 1.807) is 25.1 Å². The van der Waals surface area contributed by atoms with Crippen LogP contribution in [0.2, 0.25) is 0 Å². The Labute approximate surface area is 144 Å². The van der Waals surface area contributed by atoms with Crippen molar-refractivity contribution in [3.05, 3.63) is 95.1 Å². The zero-order chi connectivity index (χ0) is 17.8. The molecule has 126 valence electrons. The minimum atomic E-state index is -0.747. The monoisotopic (exact) mass is 338 g/mol. The normalized spacial score (nSPS) is 10.5. The van der Waals surface area contributed by atoms with Crippen LogP contribution in [0, 0.1) is 18.6 Å². The third-order valence-corrected chi connectivity index (χ3v) is 3.85. The second kappa shape index (κ2) is 7.26. The lowest BCUT2D eigenvalue weighted by Crippen LogP contribution is -2.09. The van der Waals surface area contributed by atoms with Crippen molar-refractivity contribution in [2.45, 2.75) is 13.5 Å². The van der Waals surface area contributed by atoms with Crippen LogP contribution in [0.25, 0.3) is 11.1 Å². The van der Waals surface area contributed by atoms with Crippen LogP contribution in [-0.4, -0.2) is 5.97 Å². The van der Waals surface area contributed by atoms with Gasteiger partial charge in [-0.05, 0) is 53.4 Å². The van der Waals surface area contributed by atoms with Crippen molar-refractivity contribution in [3.63, 3.8) is 0 Å². The lowest BCUT2D eigenvalue weighted by molar-refractivity contribution is 0.0467. The van der Waals surface area contributed by atoms with E-state index in [-0.39, 0.29) is 12.2 Å². The molecule has 0 heterocycles. The van der Waals surface area contributed by atoms with E-state index in [1.807, 2.05) is 30.3 Å². The van der Waals surface area contributed by atoms with Crippen molar-refractivity contribution in [1.82, 2.24) is 0 Å². The topological polar surface area (TPSA) is 26.3 Å². The Morgan fingerprint density at radius 1 is 0.920 bits per heavy atom. The predicted octanol–water partition coefficient (Wildman–Crippen LogP) is 5.30. The van der Waals surface area contributed by atoms with Crippen molar-refractivity contribution < 1.29 is 18.3 Å². The summed E-state index contributed by atoms with van der Waals surface area (Å²) in [5.41, 5.74) is 2.09. The van der Waals surface area contributed by atoms with Gasteiger partial charge in [-0.25, -0.2) is 13.6 Å². The number of rotatable bonds is 4. The Balaban J connectivity index is 1.88. The molecule has 0 bridgehead atoms.